The molecule has 1 aromatic rings. The van der Waals surface area contributed by atoms with Crippen LogP contribution in [-0.2, 0) is 10.0 Å². The third-order valence-corrected chi connectivity index (χ3v) is 5.25. The molecule has 1 aliphatic heterocycles. The van der Waals surface area contributed by atoms with Gasteiger partial charge >= 0.3 is 6.03 Å². The van der Waals surface area contributed by atoms with Gasteiger partial charge in [0, 0.05) is 18.8 Å². The van der Waals surface area contributed by atoms with Gasteiger partial charge in [-0.1, -0.05) is 6.92 Å². The predicted octanol–water partition coefficient (Wildman–Crippen LogP) is 0.797. The molecule has 1 saturated heterocycles. The van der Waals surface area contributed by atoms with Gasteiger partial charge in [0.1, 0.15) is 0 Å². The van der Waals surface area contributed by atoms with Crippen LogP contribution in [0.3, 0.4) is 0 Å². The van der Waals surface area contributed by atoms with Crippen molar-refractivity contribution < 1.29 is 13.2 Å². The number of nitrogens with two attached hydrogens (primary N) is 1. The number of carbonyl (C=O) groups excluding carboxylic acids is 1. The van der Waals surface area contributed by atoms with Gasteiger partial charge in [-0.3, -0.25) is 0 Å². The highest BCUT2D eigenvalue weighted by atomic mass is 32.2. The van der Waals surface area contributed by atoms with Crippen LogP contribution in [0.1, 0.15) is 13.3 Å². The first-order valence-electron chi connectivity index (χ1n) is 7.29. The number of nitrogens with zero attached hydrogens (tertiary/aromatic N) is 1. The molecule has 0 aliphatic carbocycles. The Morgan fingerprint density at radius 1 is 1.36 bits per heavy atom. The van der Waals surface area contributed by atoms with E-state index in [4.69, 9.17) is 5.73 Å². The Bertz CT molecular complexity index is 615. The van der Waals surface area contributed by atoms with Crippen molar-refractivity contribution in [2.75, 3.05) is 31.5 Å². The predicted molar refractivity (Wildman–Crippen MR) is 85.1 cm³/mol. The van der Waals surface area contributed by atoms with E-state index >= 15 is 0 Å². The van der Waals surface area contributed by atoms with Crippen LogP contribution in [0.15, 0.2) is 29.2 Å². The average molecular weight is 326 g/mol. The number of nitrogens with one attached hydrogen (secondary N) is 2. The van der Waals surface area contributed by atoms with Crippen molar-refractivity contribution in [1.82, 2.24) is 9.62 Å². The summed E-state index contributed by atoms with van der Waals surface area (Å²) in [5.41, 5.74) is 5.46. The highest BCUT2D eigenvalue weighted by molar-refractivity contribution is 7.89. The summed E-state index contributed by atoms with van der Waals surface area (Å²) in [4.78, 5) is 13.2. The quantitative estimate of drug-likeness (QED) is 0.719. The van der Waals surface area contributed by atoms with Crippen molar-refractivity contribution in [1.29, 1.82) is 0 Å². The zero-order valence-corrected chi connectivity index (χ0v) is 13.4. The van der Waals surface area contributed by atoms with Crippen LogP contribution in [0.4, 0.5) is 10.5 Å². The van der Waals surface area contributed by atoms with Crippen molar-refractivity contribution in [3.63, 3.8) is 0 Å². The first-order chi connectivity index (χ1) is 10.4. The number of anilines is 1. The highest BCUT2D eigenvalue weighted by Gasteiger charge is 2.23. The summed E-state index contributed by atoms with van der Waals surface area (Å²) in [6, 6.07) is 5.22. The zero-order valence-electron chi connectivity index (χ0n) is 12.6. The van der Waals surface area contributed by atoms with E-state index in [9.17, 15) is 13.2 Å². The molecule has 1 heterocycles. The van der Waals surface area contributed by atoms with Crippen LogP contribution in [-0.4, -0.2) is 45.5 Å². The fourth-order valence-corrected chi connectivity index (χ4v) is 3.65. The largest absolute Gasteiger partial charge is 0.351 e. The molecule has 0 aromatic heterocycles. The van der Waals surface area contributed by atoms with Crippen LogP contribution >= 0.6 is 0 Å². The van der Waals surface area contributed by atoms with E-state index < -0.39 is 16.1 Å². The summed E-state index contributed by atoms with van der Waals surface area (Å²) in [6.45, 7) is 5.50. The number of sulfonamides is 1. The van der Waals surface area contributed by atoms with Crippen LogP contribution in [0.2, 0.25) is 0 Å². The number of carbonyl (C=O) groups is 1. The summed E-state index contributed by atoms with van der Waals surface area (Å²) in [7, 11) is -3.53. The summed E-state index contributed by atoms with van der Waals surface area (Å²) in [5, 5.41) is 2.39. The summed E-state index contributed by atoms with van der Waals surface area (Å²) in [5.74, 6) is 0.352. The number of amides is 2. The smallest absolute Gasteiger partial charge is 0.316 e. The third kappa shape index (κ3) is 4.43. The van der Waals surface area contributed by atoms with E-state index in [1.165, 1.54) is 24.3 Å². The topological polar surface area (TPSA) is 105 Å². The molecule has 0 bridgehead atoms. The van der Waals surface area contributed by atoms with Gasteiger partial charge in [-0.2, -0.15) is 0 Å². The van der Waals surface area contributed by atoms with E-state index in [0.717, 1.165) is 26.1 Å². The Labute approximate surface area is 130 Å². The van der Waals surface area contributed by atoms with E-state index in [1.807, 2.05) is 0 Å². The van der Waals surface area contributed by atoms with Crippen molar-refractivity contribution in [3.8, 4) is 0 Å². The van der Waals surface area contributed by atoms with Gasteiger partial charge < -0.3 is 16.0 Å². The van der Waals surface area contributed by atoms with E-state index in [1.54, 1.807) is 0 Å². The molecule has 1 aromatic carbocycles. The van der Waals surface area contributed by atoms with Crippen molar-refractivity contribution in [2.45, 2.75) is 18.2 Å². The van der Waals surface area contributed by atoms with E-state index in [-0.39, 0.29) is 4.90 Å². The van der Waals surface area contributed by atoms with Crippen LogP contribution in [0, 0.1) is 5.92 Å². The second-order valence-electron chi connectivity index (χ2n) is 5.41. The first kappa shape index (κ1) is 16.7. The van der Waals surface area contributed by atoms with E-state index in [0.29, 0.717) is 18.2 Å². The molecule has 0 spiro atoms. The third-order valence-electron chi connectivity index (χ3n) is 3.81. The minimum atomic E-state index is -3.53. The van der Waals surface area contributed by atoms with Crippen molar-refractivity contribution in [3.05, 3.63) is 24.3 Å². The Morgan fingerprint density at radius 3 is 2.59 bits per heavy atom. The lowest BCUT2D eigenvalue weighted by molar-refractivity contribution is 0.259. The minimum Gasteiger partial charge on any atom is -0.351 e. The van der Waals surface area contributed by atoms with Crippen molar-refractivity contribution in [2.24, 2.45) is 11.7 Å². The SMILES string of the molecule is CCN1CC[C@H](CNS(=O)(=O)c2ccc(NC(N)=O)cc2)C1. The average Bonchev–Trinajstić information content (AvgIpc) is 2.93. The molecule has 0 radical (unpaired) electrons. The normalized spacial score (nSPS) is 19.2. The molecule has 7 nitrogen and oxygen atoms in total. The second-order valence-corrected chi connectivity index (χ2v) is 7.18. The Kier molecular flexibility index (Phi) is 5.38. The molecule has 122 valence electrons. The van der Waals surface area contributed by atoms with Gasteiger partial charge in [-0.05, 0) is 49.7 Å². The van der Waals surface area contributed by atoms with Crippen molar-refractivity contribution >= 4 is 21.7 Å². The van der Waals surface area contributed by atoms with Gasteiger partial charge in [0.15, 0.2) is 0 Å². The van der Waals surface area contributed by atoms with Crippen LogP contribution < -0.4 is 15.8 Å². The molecule has 22 heavy (non-hydrogen) atoms. The lowest BCUT2D eigenvalue weighted by Gasteiger charge is -2.14. The van der Waals surface area contributed by atoms with E-state index in [2.05, 4.69) is 21.9 Å². The lowest BCUT2D eigenvalue weighted by Crippen LogP contribution is -2.31. The summed E-state index contributed by atoms with van der Waals surface area (Å²) >= 11 is 0. The highest BCUT2D eigenvalue weighted by Crippen LogP contribution is 2.17. The molecule has 1 fully saturated rings. The molecule has 4 N–H and O–H groups in total. The fraction of sp³-hybridized carbons (Fsp3) is 0.500. The van der Waals surface area contributed by atoms with Crippen LogP contribution in [0.5, 0.6) is 0 Å². The van der Waals surface area contributed by atoms with Gasteiger partial charge in [-0.25, -0.2) is 17.9 Å². The number of likely N-dealkylation sites (tertiary alicyclic amines) is 1. The second kappa shape index (κ2) is 7.08. The number of hydrogen-bond donors (Lipinski definition) is 3. The minimum absolute atomic E-state index is 0.174. The maximum atomic E-state index is 12.2. The lowest BCUT2D eigenvalue weighted by atomic mass is 10.1. The van der Waals surface area contributed by atoms with Crippen LogP contribution in [0.25, 0.3) is 0 Å². The number of benzene rings is 1. The summed E-state index contributed by atoms with van der Waals surface area (Å²) in [6.07, 6.45) is 1.01. The molecule has 1 atom stereocenters. The molecule has 2 rings (SSSR count). The Hall–Kier alpha value is -1.64. The number of hydrogen-bond acceptors (Lipinski definition) is 4. The van der Waals surface area contributed by atoms with Gasteiger partial charge in [0.2, 0.25) is 10.0 Å². The fourth-order valence-electron chi connectivity index (χ4n) is 2.54. The van der Waals surface area contributed by atoms with Gasteiger partial charge in [-0.15, -0.1) is 0 Å². The number of urea groups is 1. The monoisotopic (exact) mass is 326 g/mol. The number of rotatable bonds is 6. The zero-order chi connectivity index (χ0) is 16.2. The summed E-state index contributed by atoms with van der Waals surface area (Å²) < 4.78 is 27.1. The molecular formula is C14H22N4O3S. The molecule has 0 saturated carbocycles. The maximum Gasteiger partial charge on any atom is 0.316 e. The Morgan fingerprint density at radius 2 is 2.05 bits per heavy atom. The number of primary amides is 1. The standard InChI is InChI=1S/C14H22N4O3S/c1-2-18-8-7-11(10-18)9-16-22(20,21)13-5-3-12(4-6-13)17-14(15)19/h3-6,11,16H,2,7-10H2,1H3,(H3,15,17,19)/t11-/m1/s1. The van der Waals surface area contributed by atoms with Gasteiger partial charge in [0.05, 0.1) is 4.90 Å². The molecule has 0 unspecified atom stereocenters. The van der Waals surface area contributed by atoms with Gasteiger partial charge in [0.25, 0.3) is 0 Å². The molecule has 8 heteroatoms. The maximum absolute atomic E-state index is 12.2. The molecular weight excluding hydrogens is 304 g/mol. The Balaban J connectivity index is 1.94. The molecule has 1 aliphatic rings. The molecule has 2 amide bonds. The first-order valence-corrected chi connectivity index (χ1v) is 8.77.